The molecule has 4 heterocycles. The minimum atomic E-state index is -0.511. The number of fused-ring (bicyclic) bond motifs is 4. The SMILES string of the molecule is CC[C@H]1[C@@H]2CC(=O)O[C@@H]2C[C@@H]1C.O=C1C[C@@H]2[C@@H](CO)[C@H](OC(=O)c3ccc(-c4ccccc4)cc3)C[C@@H]2O1.O=C1C[C@H]2[C@H](CO)[C@@H](O)C[C@H]2O1.O=C[C@@H]1[C@H]2CC(=O)O[C@H]2C[C@H]1OC(=O)c1ccccc1. The van der Waals surface area contributed by atoms with E-state index in [-0.39, 0.29) is 104 Å². The maximum atomic E-state index is 12.5. The molecular weight excluding hydrogens is 905 g/mol. The van der Waals surface area contributed by atoms with Crippen molar-refractivity contribution < 1.29 is 77.3 Å². The van der Waals surface area contributed by atoms with Crippen LogP contribution < -0.4 is 0 Å². The van der Waals surface area contributed by atoms with Crippen LogP contribution in [0.3, 0.4) is 0 Å². The smallest absolute Gasteiger partial charge is 0.338 e. The van der Waals surface area contributed by atoms with Crippen molar-refractivity contribution in [1.29, 1.82) is 0 Å². The number of esters is 6. The van der Waals surface area contributed by atoms with Crippen LogP contribution >= 0.6 is 0 Å². The van der Waals surface area contributed by atoms with Gasteiger partial charge in [0.15, 0.2) is 0 Å². The van der Waals surface area contributed by atoms with Gasteiger partial charge in [0.25, 0.3) is 0 Å². The topological polar surface area (TPSA) is 236 Å². The second-order valence-electron chi connectivity index (χ2n) is 19.7. The number of aliphatic hydroxyl groups excluding tert-OH is 3. The van der Waals surface area contributed by atoms with Crippen molar-refractivity contribution in [2.24, 2.45) is 53.3 Å². The standard InChI is InChI=1S/C21H20O5.C15H14O5.C10H16O2.C8H12O4/c22-12-17-16-10-20(23)25-18(16)11-19(17)26-21(24)15-8-6-14(7-9-15)13-4-2-1-3-5-13;16-8-11-10-6-14(17)19-12(10)7-13(11)20-15(18)9-4-2-1-3-5-9;1-3-7-6(2)4-9-8(7)5-10(11)12-9;9-3-5-4-1-8(11)12-7(4)2-6(5)10/h1-9,16-19,22H,10-12H2;1-5,8,10-13H,6-7H2;6-9H,3-5H2,1-2H3;4-7,9-10H,1-3H2/t16-,17-,18+,19-;10-,11-,12+,13-;6-,7+,8-,9+;4-,5-,6-,7+/m1100/s1. The highest BCUT2D eigenvalue weighted by atomic mass is 16.6. The fourth-order valence-electron chi connectivity index (χ4n) is 12.2. The molecule has 0 unspecified atom stereocenters. The summed E-state index contributed by atoms with van der Waals surface area (Å²) in [6, 6.07) is 25.8. The van der Waals surface area contributed by atoms with E-state index >= 15 is 0 Å². The lowest BCUT2D eigenvalue weighted by atomic mass is 9.87. The van der Waals surface area contributed by atoms with Gasteiger partial charge < -0.3 is 48.5 Å². The van der Waals surface area contributed by atoms with Crippen molar-refractivity contribution in [2.75, 3.05) is 13.2 Å². The van der Waals surface area contributed by atoms with Gasteiger partial charge >= 0.3 is 35.8 Å². The van der Waals surface area contributed by atoms with E-state index in [2.05, 4.69) is 13.8 Å². The van der Waals surface area contributed by atoms with E-state index in [1.807, 2.05) is 48.5 Å². The molecule has 0 amide bonds. The third-order valence-electron chi connectivity index (χ3n) is 15.7. The number of aliphatic hydroxyl groups is 3. The van der Waals surface area contributed by atoms with Crippen LogP contribution in [0.1, 0.15) is 92.4 Å². The lowest BCUT2D eigenvalue weighted by Crippen LogP contribution is -2.28. The fraction of sp³-hybridized carbons (Fsp3) is 0.537. The highest BCUT2D eigenvalue weighted by Crippen LogP contribution is 2.47. The molecule has 0 bridgehead atoms. The molecule has 3 aromatic carbocycles. The second-order valence-corrected chi connectivity index (χ2v) is 19.7. The van der Waals surface area contributed by atoms with Crippen LogP contribution in [-0.4, -0.2) is 113 Å². The van der Waals surface area contributed by atoms with Gasteiger partial charge in [-0.2, -0.15) is 0 Å². The normalized spacial score (nSPS) is 34.8. The first-order valence-corrected chi connectivity index (χ1v) is 24.5. The van der Waals surface area contributed by atoms with Crippen LogP contribution in [0.15, 0.2) is 84.9 Å². The van der Waals surface area contributed by atoms with Crippen LogP contribution in [-0.2, 0) is 52.4 Å². The molecule has 0 aromatic heterocycles. The zero-order chi connectivity index (χ0) is 49.6. The maximum absolute atomic E-state index is 12.5. The van der Waals surface area contributed by atoms with E-state index in [0.717, 1.165) is 35.7 Å². The molecule has 16 nitrogen and oxygen atoms in total. The molecule has 11 rings (SSSR count). The van der Waals surface area contributed by atoms with Crippen LogP contribution in [0.5, 0.6) is 0 Å². The lowest BCUT2D eigenvalue weighted by molar-refractivity contribution is -0.143. The molecule has 8 fully saturated rings. The molecule has 16 heteroatoms. The molecule has 4 aliphatic heterocycles. The Balaban J connectivity index is 0.000000132. The second kappa shape index (κ2) is 22.4. The molecule has 0 spiro atoms. The third-order valence-corrected chi connectivity index (χ3v) is 15.7. The largest absolute Gasteiger partial charge is 0.462 e. The summed E-state index contributed by atoms with van der Waals surface area (Å²) in [7, 11) is 0. The zero-order valence-corrected chi connectivity index (χ0v) is 39.3. The van der Waals surface area contributed by atoms with Crippen molar-refractivity contribution in [3.8, 4) is 11.1 Å². The van der Waals surface area contributed by atoms with Gasteiger partial charge in [0.05, 0.1) is 48.8 Å². The van der Waals surface area contributed by atoms with E-state index in [0.29, 0.717) is 49.1 Å². The Hall–Kier alpha value is -5.97. The molecule has 374 valence electrons. The lowest BCUT2D eigenvalue weighted by Gasteiger charge is -2.20. The molecule has 8 aliphatic rings. The Morgan fingerprint density at radius 3 is 1.53 bits per heavy atom. The minimum absolute atomic E-state index is 0.0235. The van der Waals surface area contributed by atoms with Gasteiger partial charge in [-0.15, -0.1) is 0 Å². The van der Waals surface area contributed by atoms with Crippen LogP contribution in [0.4, 0.5) is 0 Å². The predicted molar refractivity (Wildman–Crippen MR) is 247 cm³/mol. The summed E-state index contributed by atoms with van der Waals surface area (Å²) in [5.41, 5.74) is 3.03. The molecule has 70 heavy (non-hydrogen) atoms. The van der Waals surface area contributed by atoms with Gasteiger partial charge in [-0.3, -0.25) is 19.2 Å². The highest BCUT2D eigenvalue weighted by molar-refractivity contribution is 5.90. The Labute approximate surface area is 406 Å². The summed E-state index contributed by atoms with van der Waals surface area (Å²) < 4.78 is 31.7. The summed E-state index contributed by atoms with van der Waals surface area (Å²) in [6.45, 7) is 4.31. The maximum Gasteiger partial charge on any atom is 0.338 e. The molecular formula is C54H62O16. The van der Waals surface area contributed by atoms with E-state index in [4.69, 9.17) is 33.5 Å². The average Bonchev–Trinajstić information content (AvgIpc) is 4.24. The summed E-state index contributed by atoms with van der Waals surface area (Å²) in [6.07, 6.45) is 4.07. The Morgan fingerprint density at radius 1 is 0.557 bits per heavy atom. The minimum Gasteiger partial charge on any atom is -0.462 e. The molecule has 4 saturated carbocycles. The first-order valence-electron chi connectivity index (χ1n) is 24.5. The van der Waals surface area contributed by atoms with Crippen molar-refractivity contribution in [3.63, 3.8) is 0 Å². The Bertz CT molecular complexity index is 2290. The van der Waals surface area contributed by atoms with Gasteiger partial charge in [0, 0.05) is 68.0 Å². The predicted octanol–water partition coefficient (Wildman–Crippen LogP) is 5.46. The van der Waals surface area contributed by atoms with Gasteiger partial charge in [-0.25, -0.2) is 9.59 Å². The third kappa shape index (κ3) is 11.1. The average molecular weight is 967 g/mol. The summed E-state index contributed by atoms with van der Waals surface area (Å²) in [5, 5.41) is 28.0. The summed E-state index contributed by atoms with van der Waals surface area (Å²) in [4.78, 5) is 80.2. The number of hydrogen-bond acceptors (Lipinski definition) is 16. The number of carbonyl (C=O) groups is 7. The molecule has 3 aromatic rings. The number of rotatable bonds is 9. The fourth-order valence-corrected chi connectivity index (χ4v) is 12.2. The van der Waals surface area contributed by atoms with Crippen molar-refractivity contribution in [1.82, 2.24) is 0 Å². The van der Waals surface area contributed by atoms with Crippen molar-refractivity contribution in [3.05, 3.63) is 96.1 Å². The number of benzene rings is 3. The van der Waals surface area contributed by atoms with Gasteiger partial charge in [0.1, 0.15) is 42.9 Å². The van der Waals surface area contributed by atoms with Crippen LogP contribution in [0.2, 0.25) is 0 Å². The van der Waals surface area contributed by atoms with Crippen LogP contribution in [0, 0.1) is 53.3 Å². The zero-order valence-electron chi connectivity index (χ0n) is 39.3. The quantitative estimate of drug-likeness (QED) is 0.137. The molecule has 0 radical (unpaired) electrons. The first kappa shape index (κ1) is 50.4. The number of aldehydes is 1. The first-order chi connectivity index (χ1) is 33.8. The molecule has 16 atom stereocenters. The monoisotopic (exact) mass is 966 g/mol. The highest BCUT2D eigenvalue weighted by Gasteiger charge is 2.53. The van der Waals surface area contributed by atoms with Crippen LogP contribution in [0.25, 0.3) is 11.1 Å². The Kier molecular flexibility index (Phi) is 16.1. The molecule has 3 N–H and O–H groups in total. The van der Waals surface area contributed by atoms with Gasteiger partial charge in [-0.1, -0.05) is 80.9 Å². The number of carbonyl (C=O) groups excluding carboxylic acids is 7. The number of hydrogen-bond donors (Lipinski definition) is 3. The van der Waals surface area contributed by atoms with E-state index in [1.165, 1.54) is 6.42 Å². The van der Waals surface area contributed by atoms with E-state index in [9.17, 15) is 43.8 Å². The summed E-state index contributed by atoms with van der Waals surface area (Å²) >= 11 is 0. The van der Waals surface area contributed by atoms with Crippen molar-refractivity contribution in [2.45, 2.75) is 114 Å². The Morgan fingerprint density at radius 2 is 0.986 bits per heavy atom. The molecule has 4 saturated heterocycles. The number of ether oxygens (including phenoxy) is 6. The summed E-state index contributed by atoms with van der Waals surface area (Å²) in [5.74, 6) is -0.605. The van der Waals surface area contributed by atoms with Gasteiger partial charge in [-0.05, 0) is 53.6 Å². The molecule has 4 aliphatic carbocycles. The van der Waals surface area contributed by atoms with Gasteiger partial charge in [0.2, 0.25) is 0 Å². The van der Waals surface area contributed by atoms with E-state index in [1.54, 1.807) is 36.4 Å². The van der Waals surface area contributed by atoms with Crippen molar-refractivity contribution >= 4 is 42.1 Å². The van der Waals surface area contributed by atoms with E-state index < -0.39 is 36.2 Å².